The van der Waals surface area contributed by atoms with Crippen LogP contribution in [0.4, 0.5) is 4.79 Å². The van der Waals surface area contributed by atoms with E-state index in [1.54, 1.807) is 13.8 Å². The minimum Gasteiger partial charge on any atom is -0.450 e. The zero-order valence-electron chi connectivity index (χ0n) is 10.5. The van der Waals surface area contributed by atoms with Crippen LogP contribution in [0.25, 0.3) is 0 Å². The minimum absolute atomic E-state index is 0.269. The maximum atomic E-state index is 11.7. The highest BCUT2D eigenvalue weighted by Gasteiger charge is 2.32. The van der Waals surface area contributed by atoms with E-state index >= 15 is 0 Å². The average Bonchev–Trinajstić information content (AvgIpc) is 2.77. The summed E-state index contributed by atoms with van der Waals surface area (Å²) in [5.41, 5.74) is 4.85. The first-order valence-electron chi connectivity index (χ1n) is 5.84. The Hall–Kier alpha value is -1.63. The van der Waals surface area contributed by atoms with Crippen LogP contribution in [0.15, 0.2) is 0 Å². The lowest BCUT2D eigenvalue weighted by atomic mass is 10.1. The Kier molecular flexibility index (Phi) is 5.08. The van der Waals surface area contributed by atoms with Crippen LogP contribution >= 0.6 is 0 Å². The summed E-state index contributed by atoms with van der Waals surface area (Å²) in [4.78, 5) is 33.9. The maximum Gasteiger partial charge on any atom is 0.336 e. The van der Waals surface area contributed by atoms with Crippen molar-refractivity contribution in [2.24, 2.45) is 11.7 Å². The fourth-order valence-corrected chi connectivity index (χ4v) is 1.65. The van der Waals surface area contributed by atoms with Crippen molar-refractivity contribution in [3.05, 3.63) is 0 Å². The summed E-state index contributed by atoms with van der Waals surface area (Å²) in [5.74, 6) is -1.57. The average molecular weight is 258 g/mol. The number of rotatable bonds is 4. The molecule has 2 atom stereocenters. The van der Waals surface area contributed by atoms with Gasteiger partial charge in [-0.15, -0.1) is 0 Å². The molecule has 1 rings (SSSR count). The topological polar surface area (TPSA) is 108 Å². The van der Waals surface area contributed by atoms with Gasteiger partial charge in [0, 0.05) is 6.61 Å². The first kappa shape index (κ1) is 14.4. The van der Waals surface area contributed by atoms with E-state index < -0.39 is 30.1 Å². The summed E-state index contributed by atoms with van der Waals surface area (Å²) in [6.07, 6.45) is -0.289. The molecule has 0 spiro atoms. The van der Waals surface area contributed by atoms with E-state index in [1.807, 2.05) is 5.32 Å². The molecule has 1 saturated heterocycles. The van der Waals surface area contributed by atoms with Gasteiger partial charge in [-0.3, -0.25) is 10.1 Å². The fraction of sp³-hybridized carbons (Fsp3) is 0.727. The van der Waals surface area contributed by atoms with Gasteiger partial charge in [-0.1, -0.05) is 13.8 Å². The Morgan fingerprint density at radius 2 is 2.06 bits per heavy atom. The number of nitrogens with one attached hydrogen (secondary N) is 1. The minimum atomic E-state index is -1.05. The van der Waals surface area contributed by atoms with Crippen LogP contribution in [0.2, 0.25) is 0 Å². The van der Waals surface area contributed by atoms with E-state index in [-0.39, 0.29) is 5.92 Å². The molecule has 18 heavy (non-hydrogen) atoms. The van der Waals surface area contributed by atoms with E-state index in [0.717, 1.165) is 6.42 Å². The second kappa shape index (κ2) is 6.34. The van der Waals surface area contributed by atoms with Gasteiger partial charge >= 0.3 is 12.0 Å². The third-order valence-electron chi connectivity index (χ3n) is 2.55. The normalized spacial score (nSPS) is 20.5. The third kappa shape index (κ3) is 3.99. The van der Waals surface area contributed by atoms with E-state index in [0.29, 0.717) is 13.0 Å². The Morgan fingerprint density at radius 3 is 2.50 bits per heavy atom. The summed E-state index contributed by atoms with van der Waals surface area (Å²) < 4.78 is 10.2. The highest BCUT2D eigenvalue weighted by Crippen LogP contribution is 2.16. The van der Waals surface area contributed by atoms with Crippen molar-refractivity contribution in [2.45, 2.75) is 38.9 Å². The van der Waals surface area contributed by atoms with Gasteiger partial charge in [-0.05, 0) is 18.8 Å². The van der Waals surface area contributed by atoms with Crippen LogP contribution < -0.4 is 11.1 Å². The van der Waals surface area contributed by atoms with Crippen molar-refractivity contribution in [3.63, 3.8) is 0 Å². The summed E-state index contributed by atoms with van der Waals surface area (Å²) in [7, 11) is 0. The van der Waals surface area contributed by atoms with E-state index in [9.17, 15) is 14.4 Å². The number of ether oxygens (including phenoxy) is 2. The Bertz CT molecular complexity index is 336. The monoisotopic (exact) mass is 258 g/mol. The lowest BCUT2D eigenvalue weighted by Crippen LogP contribution is -2.46. The Labute approximate surface area is 105 Å². The number of amides is 3. The molecule has 1 aliphatic heterocycles. The lowest BCUT2D eigenvalue weighted by molar-refractivity contribution is -0.166. The summed E-state index contributed by atoms with van der Waals surface area (Å²) in [6, 6.07) is -0.973. The van der Waals surface area contributed by atoms with Crippen molar-refractivity contribution in [1.82, 2.24) is 5.32 Å². The number of hydrogen-bond acceptors (Lipinski definition) is 5. The molecule has 0 aromatic carbocycles. The summed E-state index contributed by atoms with van der Waals surface area (Å²) in [5, 5.41) is 1.90. The standard InChI is InChI=1S/C11H18N2O5/c1-6(2)8(9(14)13-11(12)16)18-10(15)7-4-3-5-17-7/h6-8H,3-5H2,1-2H3,(H3,12,13,14,16)/t7-,8+/m0/s1. The van der Waals surface area contributed by atoms with Gasteiger partial charge in [0.1, 0.15) is 0 Å². The highest BCUT2D eigenvalue weighted by molar-refractivity contribution is 5.96. The van der Waals surface area contributed by atoms with Crippen molar-refractivity contribution >= 4 is 17.9 Å². The van der Waals surface area contributed by atoms with E-state index in [2.05, 4.69) is 0 Å². The van der Waals surface area contributed by atoms with Crippen LogP contribution in [0.5, 0.6) is 0 Å². The molecule has 0 radical (unpaired) electrons. The molecule has 1 aliphatic rings. The molecular formula is C11H18N2O5. The predicted molar refractivity (Wildman–Crippen MR) is 61.4 cm³/mol. The van der Waals surface area contributed by atoms with Gasteiger partial charge in [0.2, 0.25) is 0 Å². The van der Waals surface area contributed by atoms with E-state index in [1.165, 1.54) is 0 Å². The second-order valence-electron chi connectivity index (χ2n) is 4.46. The molecular weight excluding hydrogens is 240 g/mol. The number of imide groups is 1. The third-order valence-corrected chi connectivity index (χ3v) is 2.55. The lowest BCUT2D eigenvalue weighted by Gasteiger charge is -2.21. The van der Waals surface area contributed by atoms with Crippen molar-refractivity contribution in [3.8, 4) is 0 Å². The molecule has 3 amide bonds. The van der Waals surface area contributed by atoms with Crippen molar-refractivity contribution in [1.29, 1.82) is 0 Å². The molecule has 0 saturated carbocycles. The zero-order chi connectivity index (χ0) is 13.7. The molecule has 1 fully saturated rings. The van der Waals surface area contributed by atoms with Crippen molar-refractivity contribution < 1.29 is 23.9 Å². The number of hydrogen-bond donors (Lipinski definition) is 2. The smallest absolute Gasteiger partial charge is 0.336 e. The van der Waals surface area contributed by atoms with Crippen LogP contribution in [-0.2, 0) is 19.1 Å². The van der Waals surface area contributed by atoms with Gasteiger partial charge in [0.05, 0.1) is 0 Å². The van der Waals surface area contributed by atoms with Crippen LogP contribution in [0.3, 0.4) is 0 Å². The Morgan fingerprint density at radius 1 is 1.39 bits per heavy atom. The molecule has 0 aliphatic carbocycles. The van der Waals surface area contributed by atoms with Gasteiger partial charge < -0.3 is 15.2 Å². The molecule has 0 bridgehead atoms. The Balaban J connectivity index is 2.59. The van der Waals surface area contributed by atoms with Gasteiger partial charge in [-0.2, -0.15) is 0 Å². The largest absolute Gasteiger partial charge is 0.450 e. The molecule has 7 nitrogen and oxygen atoms in total. The zero-order valence-corrected chi connectivity index (χ0v) is 10.5. The maximum absolute atomic E-state index is 11.7. The van der Waals surface area contributed by atoms with Crippen LogP contribution in [0, 0.1) is 5.92 Å². The van der Waals surface area contributed by atoms with Crippen LogP contribution in [0.1, 0.15) is 26.7 Å². The van der Waals surface area contributed by atoms with E-state index in [4.69, 9.17) is 15.2 Å². The molecule has 3 N–H and O–H groups in total. The predicted octanol–water partition coefficient (Wildman–Crippen LogP) is -0.0719. The molecule has 102 valence electrons. The molecule has 0 aromatic heterocycles. The molecule has 0 unspecified atom stereocenters. The van der Waals surface area contributed by atoms with Crippen molar-refractivity contribution in [2.75, 3.05) is 6.61 Å². The highest BCUT2D eigenvalue weighted by atomic mass is 16.6. The first-order valence-corrected chi connectivity index (χ1v) is 5.84. The number of carbonyl (C=O) groups excluding carboxylic acids is 3. The fourth-order valence-electron chi connectivity index (χ4n) is 1.65. The first-order chi connectivity index (χ1) is 8.41. The SMILES string of the molecule is CC(C)[C@@H](OC(=O)[C@@H]1CCCO1)C(=O)NC(N)=O. The molecule has 0 aromatic rings. The number of nitrogens with two attached hydrogens (primary N) is 1. The summed E-state index contributed by atoms with van der Waals surface area (Å²) in [6.45, 7) is 3.92. The van der Waals surface area contributed by atoms with Crippen LogP contribution in [-0.4, -0.2) is 36.7 Å². The molecule has 7 heteroatoms. The number of primary amides is 1. The number of urea groups is 1. The quantitative estimate of drug-likeness (QED) is 0.686. The number of esters is 1. The molecule has 1 heterocycles. The van der Waals surface area contributed by atoms with Gasteiger partial charge in [-0.25, -0.2) is 9.59 Å². The number of carbonyl (C=O) groups is 3. The summed E-state index contributed by atoms with van der Waals surface area (Å²) >= 11 is 0. The second-order valence-corrected chi connectivity index (χ2v) is 4.46. The van der Waals surface area contributed by atoms with Gasteiger partial charge in [0.15, 0.2) is 12.2 Å². The van der Waals surface area contributed by atoms with Gasteiger partial charge in [0.25, 0.3) is 5.91 Å².